The maximum atomic E-state index is 5.45. The molecule has 4 heteroatoms. The van der Waals surface area contributed by atoms with Gasteiger partial charge >= 0.3 is 0 Å². The third-order valence-electron chi connectivity index (χ3n) is 2.85. The lowest BCUT2D eigenvalue weighted by Crippen LogP contribution is -2.12. The summed E-state index contributed by atoms with van der Waals surface area (Å²) >= 11 is 0. The first-order chi connectivity index (χ1) is 9.77. The molecule has 0 saturated heterocycles. The van der Waals surface area contributed by atoms with Crippen LogP contribution in [0.25, 0.3) is 0 Å². The van der Waals surface area contributed by atoms with E-state index in [1.165, 1.54) is 12.8 Å². The SMILES string of the molecule is CCCCCOCCOCCOCCOCCC(C)C. The van der Waals surface area contributed by atoms with Crippen molar-refractivity contribution in [2.24, 2.45) is 5.92 Å². The van der Waals surface area contributed by atoms with Crippen LogP contribution in [0, 0.1) is 5.92 Å². The third kappa shape index (κ3) is 17.8. The van der Waals surface area contributed by atoms with E-state index in [1.54, 1.807) is 0 Å². The highest BCUT2D eigenvalue weighted by Gasteiger charge is 1.95. The van der Waals surface area contributed by atoms with E-state index in [9.17, 15) is 0 Å². The Morgan fingerprint density at radius 3 is 1.50 bits per heavy atom. The molecule has 4 nitrogen and oxygen atoms in total. The van der Waals surface area contributed by atoms with Crippen molar-refractivity contribution < 1.29 is 18.9 Å². The molecule has 0 amide bonds. The van der Waals surface area contributed by atoms with Crippen molar-refractivity contribution in [1.82, 2.24) is 0 Å². The molecule has 0 aromatic carbocycles. The standard InChI is InChI=1S/C16H34O4/c1-4-5-6-8-17-10-12-19-14-15-20-13-11-18-9-7-16(2)3/h16H,4-15H2,1-3H3. The molecule has 0 fully saturated rings. The van der Waals surface area contributed by atoms with Crippen LogP contribution in [0.2, 0.25) is 0 Å². The predicted octanol–water partition coefficient (Wildman–Crippen LogP) is 3.29. The van der Waals surface area contributed by atoms with Crippen molar-refractivity contribution in [3.05, 3.63) is 0 Å². The van der Waals surface area contributed by atoms with E-state index < -0.39 is 0 Å². The quantitative estimate of drug-likeness (QED) is 0.409. The molecule has 0 aliphatic heterocycles. The van der Waals surface area contributed by atoms with E-state index in [0.29, 0.717) is 45.6 Å². The zero-order valence-electron chi connectivity index (χ0n) is 13.7. The minimum absolute atomic E-state index is 0.628. The van der Waals surface area contributed by atoms with Crippen LogP contribution in [0.4, 0.5) is 0 Å². The summed E-state index contributed by atoms with van der Waals surface area (Å²) in [7, 11) is 0. The van der Waals surface area contributed by atoms with Crippen LogP contribution in [0.15, 0.2) is 0 Å². The van der Waals surface area contributed by atoms with Crippen molar-refractivity contribution in [3.63, 3.8) is 0 Å². The Hall–Kier alpha value is -0.160. The Labute approximate surface area is 125 Å². The highest BCUT2D eigenvalue weighted by atomic mass is 16.6. The van der Waals surface area contributed by atoms with Gasteiger partial charge in [-0.3, -0.25) is 0 Å². The number of rotatable bonds is 16. The van der Waals surface area contributed by atoms with Crippen LogP contribution in [-0.2, 0) is 18.9 Å². The molecule has 0 aromatic rings. The molecule has 20 heavy (non-hydrogen) atoms. The number of hydrogen-bond donors (Lipinski definition) is 0. The lowest BCUT2D eigenvalue weighted by molar-refractivity contribution is -0.00302. The summed E-state index contributed by atoms with van der Waals surface area (Å²) in [6.45, 7) is 12.2. The van der Waals surface area contributed by atoms with E-state index >= 15 is 0 Å². The average molecular weight is 290 g/mol. The highest BCUT2D eigenvalue weighted by molar-refractivity contribution is 4.42. The first-order valence-electron chi connectivity index (χ1n) is 8.08. The molecular weight excluding hydrogens is 256 g/mol. The zero-order valence-corrected chi connectivity index (χ0v) is 13.7. The van der Waals surface area contributed by atoms with Gasteiger partial charge in [0.25, 0.3) is 0 Å². The summed E-state index contributed by atoms with van der Waals surface area (Å²) in [6.07, 6.45) is 4.74. The topological polar surface area (TPSA) is 36.9 Å². The number of ether oxygens (including phenoxy) is 4. The molecule has 0 atom stereocenters. The lowest BCUT2D eigenvalue weighted by atomic mass is 10.1. The summed E-state index contributed by atoms with van der Waals surface area (Å²) in [5, 5.41) is 0. The molecule has 0 bridgehead atoms. The largest absolute Gasteiger partial charge is 0.379 e. The first kappa shape index (κ1) is 19.8. The smallest absolute Gasteiger partial charge is 0.0701 e. The molecule has 0 unspecified atom stereocenters. The Morgan fingerprint density at radius 2 is 1.05 bits per heavy atom. The van der Waals surface area contributed by atoms with Gasteiger partial charge in [-0.2, -0.15) is 0 Å². The van der Waals surface area contributed by atoms with Gasteiger partial charge in [-0.1, -0.05) is 33.6 Å². The van der Waals surface area contributed by atoms with Crippen molar-refractivity contribution in [2.45, 2.75) is 46.5 Å². The fourth-order valence-corrected chi connectivity index (χ4v) is 1.53. The van der Waals surface area contributed by atoms with Gasteiger partial charge in [0.2, 0.25) is 0 Å². The molecule has 0 aliphatic rings. The van der Waals surface area contributed by atoms with Crippen LogP contribution in [0.5, 0.6) is 0 Å². The van der Waals surface area contributed by atoms with Gasteiger partial charge < -0.3 is 18.9 Å². The summed E-state index contributed by atoms with van der Waals surface area (Å²) < 4.78 is 21.7. The van der Waals surface area contributed by atoms with Crippen molar-refractivity contribution in [2.75, 3.05) is 52.9 Å². The summed E-state index contributed by atoms with van der Waals surface area (Å²) in [6, 6.07) is 0. The van der Waals surface area contributed by atoms with E-state index in [4.69, 9.17) is 18.9 Å². The van der Waals surface area contributed by atoms with Crippen LogP contribution in [0.3, 0.4) is 0 Å². The van der Waals surface area contributed by atoms with Crippen LogP contribution in [0.1, 0.15) is 46.5 Å². The second kappa shape index (κ2) is 16.9. The van der Waals surface area contributed by atoms with Gasteiger partial charge in [-0.15, -0.1) is 0 Å². The maximum Gasteiger partial charge on any atom is 0.0701 e. The predicted molar refractivity (Wildman–Crippen MR) is 82.3 cm³/mol. The summed E-state index contributed by atoms with van der Waals surface area (Å²) in [5.74, 6) is 0.702. The second-order valence-electron chi connectivity index (χ2n) is 5.34. The fraction of sp³-hybridized carbons (Fsp3) is 1.00. The van der Waals surface area contributed by atoms with E-state index in [1.807, 2.05) is 0 Å². The van der Waals surface area contributed by atoms with Crippen LogP contribution in [-0.4, -0.2) is 52.9 Å². The first-order valence-corrected chi connectivity index (χ1v) is 8.08. The van der Waals surface area contributed by atoms with Gasteiger partial charge in [0.15, 0.2) is 0 Å². The Morgan fingerprint density at radius 1 is 0.600 bits per heavy atom. The van der Waals surface area contributed by atoms with Gasteiger partial charge in [-0.05, 0) is 18.8 Å². The number of hydrogen-bond acceptors (Lipinski definition) is 4. The molecule has 0 radical (unpaired) electrons. The zero-order chi connectivity index (χ0) is 14.9. The average Bonchev–Trinajstić information content (AvgIpc) is 2.43. The minimum atomic E-state index is 0.628. The molecule has 0 N–H and O–H groups in total. The monoisotopic (exact) mass is 290 g/mol. The van der Waals surface area contributed by atoms with E-state index in [-0.39, 0.29) is 0 Å². The minimum Gasteiger partial charge on any atom is -0.379 e. The lowest BCUT2D eigenvalue weighted by Gasteiger charge is -2.08. The van der Waals surface area contributed by atoms with Gasteiger partial charge in [-0.25, -0.2) is 0 Å². The second-order valence-corrected chi connectivity index (χ2v) is 5.34. The van der Waals surface area contributed by atoms with Crippen molar-refractivity contribution in [1.29, 1.82) is 0 Å². The van der Waals surface area contributed by atoms with Gasteiger partial charge in [0.1, 0.15) is 0 Å². The maximum absolute atomic E-state index is 5.45. The molecule has 0 spiro atoms. The van der Waals surface area contributed by atoms with E-state index in [2.05, 4.69) is 20.8 Å². The third-order valence-corrected chi connectivity index (χ3v) is 2.85. The van der Waals surface area contributed by atoms with Gasteiger partial charge in [0.05, 0.1) is 39.6 Å². The van der Waals surface area contributed by atoms with Crippen LogP contribution >= 0.6 is 0 Å². The Balaban J connectivity index is 2.92. The molecule has 0 aliphatic carbocycles. The molecule has 0 rings (SSSR count). The van der Waals surface area contributed by atoms with Crippen molar-refractivity contribution >= 4 is 0 Å². The highest BCUT2D eigenvalue weighted by Crippen LogP contribution is 1.98. The Kier molecular flexibility index (Phi) is 16.8. The fourth-order valence-electron chi connectivity index (χ4n) is 1.53. The van der Waals surface area contributed by atoms with E-state index in [0.717, 1.165) is 26.1 Å². The molecule has 0 saturated carbocycles. The van der Waals surface area contributed by atoms with Gasteiger partial charge in [0, 0.05) is 13.2 Å². The van der Waals surface area contributed by atoms with Crippen LogP contribution < -0.4 is 0 Å². The normalized spacial score (nSPS) is 11.4. The summed E-state index contributed by atoms with van der Waals surface area (Å²) in [5.41, 5.74) is 0. The molecule has 122 valence electrons. The summed E-state index contributed by atoms with van der Waals surface area (Å²) in [4.78, 5) is 0. The molecular formula is C16H34O4. The van der Waals surface area contributed by atoms with Crippen molar-refractivity contribution in [3.8, 4) is 0 Å². The molecule has 0 heterocycles. The number of unbranched alkanes of at least 4 members (excludes halogenated alkanes) is 2. The Bertz CT molecular complexity index is 174. The molecule has 0 aromatic heterocycles.